The summed E-state index contributed by atoms with van der Waals surface area (Å²) in [6.45, 7) is 5.45. The zero-order valence-electron chi connectivity index (χ0n) is 19.7. The van der Waals surface area contributed by atoms with E-state index in [4.69, 9.17) is 16.3 Å². The summed E-state index contributed by atoms with van der Waals surface area (Å²) in [5, 5.41) is 3.87. The molecule has 1 unspecified atom stereocenters. The second kappa shape index (κ2) is 11.7. The molecule has 2 aromatic carbocycles. The summed E-state index contributed by atoms with van der Waals surface area (Å²) in [5.74, 6) is 0.671. The van der Waals surface area contributed by atoms with Crippen LogP contribution in [0.2, 0.25) is 5.02 Å². The van der Waals surface area contributed by atoms with Crippen molar-refractivity contribution < 1.29 is 14.3 Å². The first-order valence-corrected chi connectivity index (χ1v) is 12.3. The van der Waals surface area contributed by atoms with Crippen LogP contribution in [0.5, 0.6) is 5.75 Å². The van der Waals surface area contributed by atoms with Crippen LogP contribution in [-0.2, 0) is 4.79 Å². The summed E-state index contributed by atoms with van der Waals surface area (Å²) in [5.41, 5.74) is 1.69. The fraction of sp³-hybridized carbons (Fsp3) is 0.462. The highest BCUT2D eigenvalue weighted by Gasteiger charge is 2.27. The fourth-order valence-corrected chi connectivity index (χ4v) is 5.01. The minimum absolute atomic E-state index is 0.00352. The highest BCUT2D eigenvalue weighted by molar-refractivity contribution is 6.31. The van der Waals surface area contributed by atoms with Crippen molar-refractivity contribution in [1.29, 1.82) is 0 Å². The summed E-state index contributed by atoms with van der Waals surface area (Å²) >= 11 is 6.48. The van der Waals surface area contributed by atoms with Gasteiger partial charge in [-0.2, -0.15) is 0 Å². The maximum Gasteiger partial charge on any atom is 0.254 e. The van der Waals surface area contributed by atoms with Crippen LogP contribution in [0.15, 0.2) is 48.5 Å². The molecule has 0 radical (unpaired) electrons. The van der Waals surface area contributed by atoms with E-state index >= 15 is 0 Å². The van der Waals surface area contributed by atoms with Crippen molar-refractivity contribution in [3.8, 4) is 5.75 Å². The Morgan fingerprint density at radius 3 is 2.44 bits per heavy atom. The number of hydrogen-bond donors (Lipinski definition) is 1. The van der Waals surface area contributed by atoms with Crippen molar-refractivity contribution in [2.45, 2.75) is 18.9 Å². The number of halogens is 1. The highest BCUT2D eigenvalue weighted by Crippen LogP contribution is 2.29. The topological polar surface area (TPSA) is 65.1 Å². The lowest BCUT2D eigenvalue weighted by atomic mass is 10.1. The van der Waals surface area contributed by atoms with Gasteiger partial charge in [-0.25, -0.2) is 0 Å². The Morgan fingerprint density at radius 2 is 1.74 bits per heavy atom. The van der Waals surface area contributed by atoms with Gasteiger partial charge in [0, 0.05) is 43.3 Å². The van der Waals surface area contributed by atoms with Gasteiger partial charge in [0.2, 0.25) is 5.91 Å². The summed E-state index contributed by atoms with van der Waals surface area (Å²) in [6, 6.07) is 15.2. The smallest absolute Gasteiger partial charge is 0.254 e. The van der Waals surface area contributed by atoms with Gasteiger partial charge in [-0.1, -0.05) is 35.9 Å². The fourth-order valence-electron chi connectivity index (χ4n) is 4.75. The summed E-state index contributed by atoms with van der Waals surface area (Å²) in [6.07, 6.45) is 2.35. The number of nitrogens with zero attached hydrogens (tertiary/aromatic N) is 3. The van der Waals surface area contributed by atoms with Gasteiger partial charge in [-0.05, 0) is 55.8 Å². The largest absolute Gasteiger partial charge is 0.497 e. The number of ether oxygens (including phenoxy) is 1. The third-order valence-electron chi connectivity index (χ3n) is 6.68. The lowest BCUT2D eigenvalue weighted by molar-refractivity contribution is -0.122. The monoisotopic (exact) mass is 484 g/mol. The van der Waals surface area contributed by atoms with Crippen LogP contribution in [0.1, 0.15) is 34.8 Å². The molecule has 2 fully saturated rings. The molecule has 4 rings (SSSR count). The Kier molecular flexibility index (Phi) is 8.43. The minimum atomic E-state index is -0.00352. The van der Waals surface area contributed by atoms with Crippen LogP contribution < -0.4 is 10.1 Å². The average Bonchev–Trinajstić information content (AvgIpc) is 3.40. The number of methoxy groups -OCH3 is 1. The molecule has 0 bridgehead atoms. The molecule has 2 aliphatic rings. The number of hydrogen-bond acceptors (Lipinski definition) is 5. The van der Waals surface area contributed by atoms with Gasteiger partial charge < -0.3 is 15.0 Å². The number of benzene rings is 2. The summed E-state index contributed by atoms with van der Waals surface area (Å²) in [4.78, 5) is 31.9. The molecule has 7 nitrogen and oxygen atoms in total. The van der Waals surface area contributed by atoms with Crippen LogP contribution in [-0.4, -0.2) is 86.0 Å². The normalized spacial score (nSPS) is 18.0. The quantitative estimate of drug-likeness (QED) is 0.624. The van der Waals surface area contributed by atoms with Crippen molar-refractivity contribution >= 4 is 23.4 Å². The second-order valence-electron chi connectivity index (χ2n) is 8.88. The molecule has 0 aromatic heterocycles. The number of carbonyl (C=O) groups excluding carboxylic acids is 2. The predicted octanol–water partition coefficient (Wildman–Crippen LogP) is 3.06. The highest BCUT2D eigenvalue weighted by atomic mass is 35.5. The van der Waals surface area contributed by atoms with Gasteiger partial charge in [0.05, 0.1) is 19.7 Å². The first-order chi connectivity index (χ1) is 16.5. The van der Waals surface area contributed by atoms with Gasteiger partial charge in [0.1, 0.15) is 5.75 Å². The molecule has 8 heteroatoms. The van der Waals surface area contributed by atoms with Crippen LogP contribution in [0.25, 0.3) is 0 Å². The van der Waals surface area contributed by atoms with E-state index in [0.29, 0.717) is 50.6 Å². The van der Waals surface area contributed by atoms with E-state index in [1.807, 2.05) is 35.2 Å². The van der Waals surface area contributed by atoms with E-state index in [1.54, 1.807) is 19.2 Å². The van der Waals surface area contributed by atoms with Crippen molar-refractivity contribution in [3.63, 3.8) is 0 Å². The summed E-state index contributed by atoms with van der Waals surface area (Å²) in [7, 11) is 1.59. The van der Waals surface area contributed by atoms with E-state index in [2.05, 4.69) is 21.2 Å². The molecule has 2 heterocycles. The first-order valence-electron chi connectivity index (χ1n) is 12.0. The average molecular weight is 485 g/mol. The number of carbonyl (C=O) groups is 2. The van der Waals surface area contributed by atoms with Crippen molar-refractivity contribution in [2.75, 3.05) is 59.5 Å². The van der Waals surface area contributed by atoms with E-state index in [1.165, 1.54) is 12.8 Å². The number of piperazine rings is 1. The maximum atomic E-state index is 12.8. The SMILES string of the molecule is COc1cccc(C(=O)N2CCN(CC(=O)NCC(c3ccccc3Cl)N3CCCC3)CC2)c1. The zero-order valence-corrected chi connectivity index (χ0v) is 20.5. The predicted molar refractivity (Wildman–Crippen MR) is 133 cm³/mol. The molecule has 2 aromatic rings. The van der Waals surface area contributed by atoms with Crippen LogP contribution >= 0.6 is 11.6 Å². The standard InChI is InChI=1S/C26H33ClN4O3/c1-34-21-8-6-7-20(17-21)26(33)31-15-13-29(14-16-31)19-25(32)28-18-24(30-11-4-5-12-30)22-9-2-3-10-23(22)27/h2-3,6-10,17,24H,4-5,11-16,18-19H2,1H3,(H,28,32). The molecule has 2 aliphatic heterocycles. The molecule has 2 amide bonds. The van der Waals surface area contributed by atoms with E-state index in [0.717, 1.165) is 23.7 Å². The Balaban J connectivity index is 1.27. The van der Waals surface area contributed by atoms with E-state index in [9.17, 15) is 9.59 Å². The summed E-state index contributed by atoms with van der Waals surface area (Å²) < 4.78 is 5.23. The van der Waals surface area contributed by atoms with Gasteiger partial charge >= 0.3 is 0 Å². The molecule has 1 atom stereocenters. The minimum Gasteiger partial charge on any atom is -0.497 e. The van der Waals surface area contributed by atoms with Crippen molar-refractivity contribution in [1.82, 2.24) is 20.0 Å². The molecule has 0 aliphatic carbocycles. The number of nitrogens with one attached hydrogen (secondary N) is 1. The lowest BCUT2D eigenvalue weighted by Crippen LogP contribution is -2.51. The molecule has 34 heavy (non-hydrogen) atoms. The molecular formula is C26H33ClN4O3. The molecule has 1 N–H and O–H groups in total. The molecule has 2 saturated heterocycles. The first kappa shape index (κ1) is 24.5. The molecular weight excluding hydrogens is 452 g/mol. The second-order valence-corrected chi connectivity index (χ2v) is 9.29. The van der Waals surface area contributed by atoms with Gasteiger partial charge in [0.15, 0.2) is 0 Å². The molecule has 0 spiro atoms. The van der Waals surface area contributed by atoms with Crippen LogP contribution in [0.4, 0.5) is 0 Å². The number of rotatable bonds is 8. The maximum absolute atomic E-state index is 12.8. The Morgan fingerprint density at radius 1 is 1.00 bits per heavy atom. The number of likely N-dealkylation sites (tertiary alicyclic amines) is 1. The van der Waals surface area contributed by atoms with Crippen LogP contribution in [0.3, 0.4) is 0 Å². The Bertz CT molecular complexity index is 988. The lowest BCUT2D eigenvalue weighted by Gasteiger charge is -2.34. The van der Waals surface area contributed by atoms with E-state index < -0.39 is 0 Å². The molecule has 182 valence electrons. The van der Waals surface area contributed by atoms with Gasteiger partial charge in [0.25, 0.3) is 5.91 Å². The number of amides is 2. The van der Waals surface area contributed by atoms with E-state index in [-0.39, 0.29) is 17.9 Å². The molecule has 0 saturated carbocycles. The van der Waals surface area contributed by atoms with Gasteiger partial charge in [-0.3, -0.25) is 19.4 Å². The Hall–Kier alpha value is -2.61. The third kappa shape index (κ3) is 6.09. The van der Waals surface area contributed by atoms with Crippen molar-refractivity contribution in [3.05, 3.63) is 64.7 Å². The zero-order chi connectivity index (χ0) is 23.9. The third-order valence-corrected chi connectivity index (χ3v) is 7.03. The van der Waals surface area contributed by atoms with Crippen molar-refractivity contribution in [2.24, 2.45) is 0 Å². The Labute approximate surface area is 206 Å². The van der Waals surface area contributed by atoms with Crippen LogP contribution in [0, 0.1) is 0 Å². The van der Waals surface area contributed by atoms with Gasteiger partial charge in [-0.15, -0.1) is 0 Å².